The maximum absolute atomic E-state index is 12.0. The molecule has 0 atom stereocenters. The topological polar surface area (TPSA) is 83.3 Å². The van der Waals surface area contributed by atoms with Gasteiger partial charge in [0.1, 0.15) is 23.6 Å². The number of hydrogen-bond donors (Lipinski definition) is 2. The van der Waals surface area contributed by atoms with Crippen LogP contribution in [0.25, 0.3) is 0 Å². The number of rotatable bonds is 8. The third kappa shape index (κ3) is 5.17. The molecule has 1 amide bonds. The van der Waals surface area contributed by atoms with E-state index in [4.69, 9.17) is 4.42 Å². The Bertz CT molecular complexity index is 583. The van der Waals surface area contributed by atoms with Crippen molar-refractivity contribution >= 4 is 11.7 Å². The van der Waals surface area contributed by atoms with Gasteiger partial charge in [-0.3, -0.25) is 4.79 Å². The summed E-state index contributed by atoms with van der Waals surface area (Å²) in [6.45, 7) is 2.06. The Morgan fingerprint density at radius 3 is 2.95 bits per heavy atom. The van der Waals surface area contributed by atoms with Crippen molar-refractivity contribution in [2.45, 2.75) is 13.0 Å². The lowest BCUT2D eigenvalue weighted by Crippen LogP contribution is -2.27. The van der Waals surface area contributed by atoms with E-state index in [-0.39, 0.29) is 5.91 Å². The second kappa shape index (κ2) is 8.14. The van der Waals surface area contributed by atoms with E-state index >= 15 is 0 Å². The molecule has 0 aliphatic heterocycles. The van der Waals surface area contributed by atoms with Crippen molar-refractivity contribution in [3.63, 3.8) is 0 Å². The number of nitrogens with one attached hydrogen (secondary N) is 2. The van der Waals surface area contributed by atoms with Gasteiger partial charge in [-0.15, -0.1) is 0 Å². The van der Waals surface area contributed by atoms with Gasteiger partial charge in [-0.1, -0.05) is 0 Å². The minimum absolute atomic E-state index is 0.192. The van der Waals surface area contributed by atoms with Crippen LogP contribution in [0.3, 0.4) is 0 Å². The molecule has 0 aliphatic carbocycles. The van der Waals surface area contributed by atoms with Crippen molar-refractivity contribution in [1.82, 2.24) is 20.2 Å². The lowest BCUT2D eigenvalue weighted by Gasteiger charge is -2.10. The van der Waals surface area contributed by atoms with E-state index in [1.807, 2.05) is 26.2 Å². The number of anilines is 1. The Kier molecular flexibility index (Phi) is 5.91. The molecule has 22 heavy (non-hydrogen) atoms. The Labute approximate surface area is 129 Å². The first-order valence-electron chi connectivity index (χ1n) is 7.16. The average Bonchev–Trinajstić information content (AvgIpc) is 3.03. The van der Waals surface area contributed by atoms with Crippen molar-refractivity contribution in [2.75, 3.05) is 32.5 Å². The normalized spacial score (nSPS) is 10.7. The maximum Gasteiger partial charge on any atom is 0.270 e. The quantitative estimate of drug-likeness (QED) is 0.717. The van der Waals surface area contributed by atoms with E-state index in [1.165, 1.54) is 6.33 Å². The molecule has 0 saturated heterocycles. The molecule has 2 aromatic rings. The molecule has 2 heterocycles. The van der Waals surface area contributed by atoms with Crippen LogP contribution in [0.2, 0.25) is 0 Å². The fourth-order valence-corrected chi connectivity index (χ4v) is 1.86. The molecular formula is C15H21N5O2. The van der Waals surface area contributed by atoms with Gasteiger partial charge in [-0.05, 0) is 39.2 Å². The summed E-state index contributed by atoms with van der Waals surface area (Å²) in [5.41, 5.74) is 0.349. The summed E-state index contributed by atoms with van der Waals surface area (Å²) < 4.78 is 5.23. The second-order valence-corrected chi connectivity index (χ2v) is 5.13. The van der Waals surface area contributed by atoms with Gasteiger partial charge >= 0.3 is 0 Å². The van der Waals surface area contributed by atoms with Gasteiger partial charge in [0.05, 0.1) is 12.8 Å². The first-order chi connectivity index (χ1) is 10.6. The monoisotopic (exact) mass is 303 g/mol. The molecule has 0 fully saturated rings. The van der Waals surface area contributed by atoms with Gasteiger partial charge in [0.2, 0.25) is 0 Å². The fraction of sp³-hybridized carbons (Fsp3) is 0.400. The van der Waals surface area contributed by atoms with Gasteiger partial charge in [-0.2, -0.15) is 0 Å². The van der Waals surface area contributed by atoms with Crippen LogP contribution in [0, 0.1) is 0 Å². The van der Waals surface area contributed by atoms with Crippen LogP contribution in [0.5, 0.6) is 0 Å². The van der Waals surface area contributed by atoms with E-state index in [1.54, 1.807) is 12.3 Å². The number of nitrogens with zero attached hydrogens (tertiary/aromatic N) is 3. The molecule has 0 spiro atoms. The summed E-state index contributed by atoms with van der Waals surface area (Å²) in [4.78, 5) is 22.2. The molecule has 7 heteroatoms. The van der Waals surface area contributed by atoms with Gasteiger partial charge in [0, 0.05) is 12.6 Å². The smallest absolute Gasteiger partial charge is 0.270 e. The molecule has 7 nitrogen and oxygen atoms in total. The Morgan fingerprint density at radius 2 is 2.23 bits per heavy atom. The molecule has 0 radical (unpaired) electrons. The van der Waals surface area contributed by atoms with Crippen LogP contribution in [-0.2, 0) is 6.54 Å². The zero-order valence-corrected chi connectivity index (χ0v) is 12.9. The third-order valence-corrected chi connectivity index (χ3v) is 2.99. The number of furan rings is 1. The maximum atomic E-state index is 12.0. The van der Waals surface area contributed by atoms with Gasteiger partial charge in [0.15, 0.2) is 0 Å². The highest BCUT2D eigenvalue weighted by atomic mass is 16.3. The molecule has 2 rings (SSSR count). The van der Waals surface area contributed by atoms with Crippen LogP contribution < -0.4 is 10.6 Å². The Morgan fingerprint density at radius 1 is 1.36 bits per heavy atom. The van der Waals surface area contributed by atoms with Crippen LogP contribution in [-0.4, -0.2) is 48.0 Å². The van der Waals surface area contributed by atoms with Gasteiger partial charge < -0.3 is 20.0 Å². The summed E-state index contributed by atoms with van der Waals surface area (Å²) in [6, 6.07) is 5.32. The predicted molar refractivity (Wildman–Crippen MR) is 83.6 cm³/mol. The summed E-state index contributed by atoms with van der Waals surface area (Å²) >= 11 is 0. The third-order valence-electron chi connectivity index (χ3n) is 2.99. The molecule has 118 valence electrons. The molecule has 0 aromatic carbocycles. The van der Waals surface area contributed by atoms with Crippen molar-refractivity contribution in [3.05, 3.63) is 42.2 Å². The van der Waals surface area contributed by atoms with E-state index < -0.39 is 0 Å². The minimum atomic E-state index is -0.192. The zero-order valence-electron chi connectivity index (χ0n) is 12.9. The standard InChI is InChI=1S/C15H21N5O2/c1-20(2)7-4-6-16-15(21)13-9-14(19-11-18-13)17-10-12-5-3-8-22-12/h3,5,8-9,11H,4,6-7,10H2,1-2H3,(H,16,21)(H,17,18,19). The molecular weight excluding hydrogens is 282 g/mol. The Balaban J connectivity index is 1.83. The summed E-state index contributed by atoms with van der Waals surface area (Å²) in [5.74, 6) is 1.19. The number of carbonyl (C=O) groups excluding carboxylic acids is 1. The second-order valence-electron chi connectivity index (χ2n) is 5.13. The number of amides is 1. The first-order valence-corrected chi connectivity index (χ1v) is 7.16. The molecule has 2 aromatic heterocycles. The van der Waals surface area contributed by atoms with Crippen molar-refractivity contribution in [3.8, 4) is 0 Å². The fourth-order valence-electron chi connectivity index (χ4n) is 1.86. The minimum Gasteiger partial charge on any atom is -0.467 e. The van der Waals surface area contributed by atoms with Crippen molar-refractivity contribution in [2.24, 2.45) is 0 Å². The molecule has 2 N–H and O–H groups in total. The lowest BCUT2D eigenvalue weighted by molar-refractivity contribution is 0.0947. The molecule has 0 bridgehead atoms. The Hall–Kier alpha value is -2.41. The number of carbonyl (C=O) groups is 1. The first kappa shape index (κ1) is 16.0. The van der Waals surface area contributed by atoms with Crippen LogP contribution >= 0.6 is 0 Å². The summed E-state index contributed by atoms with van der Waals surface area (Å²) in [5, 5.41) is 5.94. The summed E-state index contributed by atoms with van der Waals surface area (Å²) in [6.07, 6.45) is 3.89. The van der Waals surface area contributed by atoms with Crippen molar-refractivity contribution in [1.29, 1.82) is 0 Å². The van der Waals surface area contributed by atoms with E-state index in [0.717, 1.165) is 18.7 Å². The van der Waals surface area contributed by atoms with Crippen LogP contribution in [0.15, 0.2) is 35.2 Å². The average molecular weight is 303 g/mol. The predicted octanol–water partition coefficient (Wildman–Crippen LogP) is 1.36. The summed E-state index contributed by atoms with van der Waals surface area (Å²) in [7, 11) is 4.01. The van der Waals surface area contributed by atoms with Gasteiger partial charge in [0.25, 0.3) is 5.91 Å². The molecule has 0 aliphatic rings. The molecule has 0 unspecified atom stereocenters. The highest BCUT2D eigenvalue weighted by Gasteiger charge is 2.08. The SMILES string of the molecule is CN(C)CCCNC(=O)c1cc(NCc2ccco2)ncn1. The van der Waals surface area contributed by atoms with Gasteiger partial charge in [-0.25, -0.2) is 9.97 Å². The largest absolute Gasteiger partial charge is 0.467 e. The van der Waals surface area contributed by atoms with E-state index in [9.17, 15) is 4.79 Å². The van der Waals surface area contributed by atoms with Crippen LogP contribution in [0.4, 0.5) is 5.82 Å². The van der Waals surface area contributed by atoms with Crippen LogP contribution in [0.1, 0.15) is 22.7 Å². The highest BCUT2D eigenvalue weighted by Crippen LogP contribution is 2.07. The van der Waals surface area contributed by atoms with E-state index in [0.29, 0.717) is 24.6 Å². The van der Waals surface area contributed by atoms with E-state index in [2.05, 4.69) is 25.5 Å². The van der Waals surface area contributed by atoms with Crippen molar-refractivity contribution < 1.29 is 9.21 Å². The molecule has 0 saturated carbocycles. The number of hydrogen-bond acceptors (Lipinski definition) is 6. The number of aromatic nitrogens is 2. The lowest BCUT2D eigenvalue weighted by atomic mass is 10.3. The zero-order chi connectivity index (χ0) is 15.8. The highest BCUT2D eigenvalue weighted by molar-refractivity contribution is 5.92.